The van der Waals surface area contributed by atoms with E-state index < -0.39 is 0 Å². The number of fused-ring (bicyclic) bond motifs is 1. The minimum Gasteiger partial charge on any atom is -0.467 e. The van der Waals surface area contributed by atoms with Gasteiger partial charge in [-0.25, -0.2) is 0 Å². The van der Waals surface area contributed by atoms with Crippen molar-refractivity contribution < 1.29 is 14.0 Å². The molecule has 1 aliphatic rings. The van der Waals surface area contributed by atoms with E-state index in [9.17, 15) is 0 Å². The van der Waals surface area contributed by atoms with E-state index in [4.69, 9.17) is 31.3 Å². The number of anilines is 1. The van der Waals surface area contributed by atoms with Crippen molar-refractivity contribution in [3.05, 3.63) is 28.9 Å². The van der Waals surface area contributed by atoms with Gasteiger partial charge in [0.2, 0.25) is 5.88 Å². The molecule has 88 valence electrons. The number of nitrogens with two attached hydrogens (primary N) is 1. The Morgan fingerprint density at radius 3 is 2.94 bits per heavy atom. The first-order valence-corrected chi connectivity index (χ1v) is 5.37. The second-order valence-corrected chi connectivity index (χ2v) is 4.09. The molecule has 17 heavy (non-hydrogen) atoms. The molecule has 0 saturated heterocycles. The molecule has 6 heteroatoms. The lowest BCUT2D eigenvalue weighted by atomic mass is 10.0. The second kappa shape index (κ2) is 3.94. The molecule has 1 aromatic carbocycles. The van der Waals surface area contributed by atoms with Crippen LogP contribution in [0, 0.1) is 0 Å². The highest BCUT2D eigenvalue weighted by Crippen LogP contribution is 2.40. The minimum atomic E-state index is 0.215. The number of nitrogen functional groups attached to an aromatic ring is 1. The van der Waals surface area contributed by atoms with Crippen LogP contribution >= 0.6 is 11.6 Å². The highest BCUT2D eigenvalue weighted by atomic mass is 35.5. The first kappa shape index (κ1) is 10.4. The maximum atomic E-state index is 6.05. The smallest absolute Gasteiger partial charge is 0.230 e. The molecule has 0 spiro atoms. The third-order valence-corrected chi connectivity index (χ3v) is 2.78. The van der Waals surface area contributed by atoms with Crippen LogP contribution in [0.2, 0.25) is 5.02 Å². The number of nitrogens with zero attached hydrogens (tertiary/aromatic N) is 1. The van der Waals surface area contributed by atoms with Crippen LogP contribution in [0.25, 0.3) is 11.1 Å². The molecular weight excluding hydrogens is 244 g/mol. The van der Waals surface area contributed by atoms with Gasteiger partial charge in [-0.05, 0) is 12.1 Å². The van der Waals surface area contributed by atoms with E-state index in [1.54, 1.807) is 12.3 Å². The summed E-state index contributed by atoms with van der Waals surface area (Å²) in [5.74, 6) is 0.958. The number of hydrogen-bond acceptors (Lipinski definition) is 5. The number of halogens is 1. The van der Waals surface area contributed by atoms with Crippen LogP contribution in [0.1, 0.15) is 5.56 Å². The van der Waals surface area contributed by atoms with Gasteiger partial charge in [0.05, 0.1) is 18.4 Å². The Bertz CT molecular complexity index is 568. The maximum absolute atomic E-state index is 6.05. The van der Waals surface area contributed by atoms with Crippen molar-refractivity contribution in [2.45, 2.75) is 6.61 Å². The second-order valence-electron chi connectivity index (χ2n) is 3.66. The quantitative estimate of drug-likeness (QED) is 0.844. The van der Waals surface area contributed by atoms with Gasteiger partial charge < -0.3 is 19.7 Å². The van der Waals surface area contributed by atoms with Gasteiger partial charge in [-0.3, -0.25) is 0 Å². The fourth-order valence-corrected chi connectivity index (χ4v) is 2.07. The molecule has 0 aliphatic carbocycles. The first-order valence-electron chi connectivity index (χ1n) is 4.99. The van der Waals surface area contributed by atoms with Crippen LogP contribution < -0.4 is 10.5 Å². The largest absolute Gasteiger partial charge is 0.467 e. The number of hydrogen-bond donors (Lipinski definition) is 1. The third-order valence-electron chi connectivity index (χ3n) is 2.56. The van der Waals surface area contributed by atoms with E-state index in [2.05, 4.69) is 5.16 Å². The predicted octanol–water partition coefficient (Wildman–Crippen LogP) is 2.44. The molecule has 0 atom stereocenters. The van der Waals surface area contributed by atoms with Gasteiger partial charge in [0.25, 0.3) is 0 Å². The molecular formula is C11H9ClN2O3. The standard InChI is InChI=1S/C11H9ClN2O3/c12-7-1-6-4-15-5-16-10(6)8(2-7)9-3-14-17-11(9)13/h1-3H,4-5,13H2. The number of rotatable bonds is 1. The molecule has 0 amide bonds. The van der Waals surface area contributed by atoms with Crippen LogP contribution in [-0.2, 0) is 11.3 Å². The SMILES string of the molecule is Nc1oncc1-c1cc(Cl)cc2c1OCOC2. The molecule has 5 nitrogen and oxygen atoms in total. The zero-order valence-electron chi connectivity index (χ0n) is 8.77. The van der Waals surface area contributed by atoms with Crippen LogP contribution in [-0.4, -0.2) is 11.9 Å². The van der Waals surface area contributed by atoms with Gasteiger partial charge in [0.1, 0.15) is 5.75 Å². The molecule has 0 fully saturated rings. The minimum absolute atomic E-state index is 0.215. The average molecular weight is 253 g/mol. The molecule has 2 aromatic rings. The number of aromatic nitrogens is 1. The van der Waals surface area contributed by atoms with Crippen molar-refractivity contribution in [2.75, 3.05) is 12.5 Å². The zero-order valence-corrected chi connectivity index (χ0v) is 9.53. The summed E-state index contributed by atoms with van der Waals surface area (Å²) in [4.78, 5) is 0. The number of benzene rings is 1. The highest BCUT2D eigenvalue weighted by molar-refractivity contribution is 6.31. The van der Waals surface area contributed by atoms with E-state index in [0.29, 0.717) is 17.2 Å². The van der Waals surface area contributed by atoms with Crippen molar-refractivity contribution in [3.8, 4) is 16.9 Å². The van der Waals surface area contributed by atoms with Crippen molar-refractivity contribution in [2.24, 2.45) is 0 Å². The Morgan fingerprint density at radius 2 is 2.18 bits per heavy atom. The van der Waals surface area contributed by atoms with Gasteiger partial charge in [-0.2, -0.15) is 0 Å². The van der Waals surface area contributed by atoms with Gasteiger partial charge in [0.15, 0.2) is 6.79 Å². The van der Waals surface area contributed by atoms with Gasteiger partial charge in [0, 0.05) is 16.1 Å². The third kappa shape index (κ3) is 1.73. The lowest BCUT2D eigenvalue weighted by Gasteiger charge is -2.20. The summed E-state index contributed by atoms with van der Waals surface area (Å²) in [6.45, 7) is 0.681. The maximum Gasteiger partial charge on any atom is 0.230 e. The van der Waals surface area contributed by atoms with Crippen LogP contribution in [0.15, 0.2) is 22.9 Å². The average Bonchev–Trinajstić information content (AvgIpc) is 2.74. The summed E-state index contributed by atoms with van der Waals surface area (Å²) < 4.78 is 15.5. The van der Waals surface area contributed by atoms with Crippen LogP contribution in [0.3, 0.4) is 0 Å². The molecule has 0 radical (unpaired) electrons. The van der Waals surface area contributed by atoms with E-state index in [-0.39, 0.29) is 12.7 Å². The Morgan fingerprint density at radius 1 is 1.29 bits per heavy atom. The summed E-state index contributed by atoms with van der Waals surface area (Å²) in [7, 11) is 0. The Labute approximate surface area is 102 Å². The first-order chi connectivity index (χ1) is 8.25. The topological polar surface area (TPSA) is 70.5 Å². The van der Waals surface area contributed by atoms with Crippen molar-refractivity contribution >= 4 is 17.5 Å². The van der Waals surface area contributed by atoms with Gasteiger partial charge >= 0.3 is 0 Å². The lowest BCUT2D eigenvalue weighted by Crippen LogP contribution is -2.12. The molecule has 0 unspecified atom stereocenters. The van der Waals surface area contributed by atoms with Gasteiger partial charge in [-0.15, -0.1) is 0 Å². The monoisotopic (exact) mass is 252 g/mol. The van der Waals surface area contributed by atoms with E-state index >= 15 is 0 Å². The van der Waals surface area contributed by atoms with E-state index in [1.165, 1.54) is 0 Å². The van der Waals surface area contributed by atoms with E-state index in [0.717, 1.165) is 16.9 Å². The molecule has 0 saturated carbocycles. The van der Waals surface area contributed by atoms with E-state index in [1.807, 2.05) is 6.07 Å². The van der Waals surface area contributed by atoms with Crippen molar-refractivity contribution in [3.63, 3.8) is 0 Å². The summed E-state index contributed by atoms with van der Waals surface area (Å²) >= 11 is 6.05. The normalized spacial score (nSPS) is 14.2. The molecule has 2 heterocycles. The Hall–Kier alpha value is -1.72. The van der Waals surface area contributed by atoms with Gasteiger partial charge in [-0.1, -0.05) is 16.8 Å². The summed E-state index contributed by atoms with van der Waals surface area (Å²) in [6, 6.07) is 3.58. The van der Waals surface area contributed by atoms with Crippen molar-refractivity contribution in [1.82, 2.24) is 5.16 Å². The van der Waals surface area contributed by atoms with Crippen molar-refractivity contribution in [1.29, 1.82) is 0 Å². The highest BCUT2D eigenvalue weighted by Gasteiger charge is 2.20. The summed E-state index contributed by atoms with van der Waals surface area (Å²) in [5.41, 5.74) is 8.03. The molecule has 1 aromatic heterocycles. The Kier molecular flexibility index (Phi) is 2.42. The zero-order chi connectivity index (χ0) is 11.8. The predicted molar refractivity (Wildman–Crippen MR) is 61.6 cm³/mol. The molecule has 1 aliphatic heterocycles. The lowest BCUT2D eigenvalue weighted by molar-refractivity contribution is -0.0159. The molecule has 0 bridgehead atoms. The van der Waals surface area contributed by atoms with Crippen LogP contribution in [0.5, 0.6) is 5.75 Å². The Balaban J connectivity index is 2.22. The molecule has 3 rings (SSSR count). The summed E-state index contributed by atoms with van der Waals surface area (Å²) in [6.07, 6.45) is 1.54. The fraction of sp³-hybridized carbons (Fsp3) is 0.182. The number of ether oxygens (including phenoxy) is 2. The summed E-state index contributed by atoms with van der Waals surface area (Å²) in [5, 5.41) is 4.24. The molecule has 2 N–H and O–H groups in total. The van der Waals surface area contributed by atoms with Crippen LogP contribution in [0.4, 0.5) is 5.88 Å². The fourth-order valence-electron chi connectivity index (χ4n) is 1.83.